The van der Waals surface area contributed by atoms with E-state index in [1.807, 2.05) is 43.5 Å². The molecule has 0 atom stereocenters. The summed E-state index contributed by atoms with van der Waals surface area (Å²) >= 11 is 0. The highest BCUT2D eigenvalue weighted by molar-refractivity contribution is 5.53. The zero-order chi connectivity index (χ0) is 13.1. The zero-order valence-electron chi connectivity index (χ0n) is 10.7. The average molecular weight is 254 g/mol. The summed E-state index contributed by atoms with van der Waals surface area (Å²) in [4.78, 5) is 8.57. The summed E-state index contributed by atoms with van der Waals surface area (Å²) < 4.78 is 7.34. The summed E-state index contributed by atoms with van der Waals surface area (Å²) in [6.07, 6.45) is 3.56. The van der Waals surface area contributed by atoms with Crippen LogP contribution in [0.3, 0.4) is 0 Å². The number of ether oxygens (including phenoxy) is 1. The van der Waals surface area contributed by atoms with E-state index in [4.69, 9.17) is 4.74 Å². The minimum Gasteiger partial charge on any atom is -0.355 e. The zero-order valence-corrected chi connectivity index (χ0v) is 10.7. The quantitative estimate of drug-likeness (QED) is 0.716. The third-order valence-corrected chi connectivity index (χ3v) is 2.76. The molecule has 0 saturated carbocycles. The highest BCUT2D eigenvalue weighted by Crippen LogP contribution is 2.15. The third-order valence-electron chi connectivity index (χ3n) is 2.76. The number of imidazole rings is 1. The Balaban J connectivity index is 1.64. The molecule has 0 bridgehead atoms. The summed E-state index contributed by atoms with van der Waals surface area (Å²) in [5, 5.41) is 4.24. The lowest BCUT2D eigenvalue weighted by molar-refractivity contribution is 0.0551. The van der Waals surface area contributed by atoms with E-state index in [2.05, 4.69) is 15.1 Å². The molecule has 0 fully saturated rings. The first-order chi connectivity index (χ1) is 9.31. The van der Waals surface area contributed by atoms with Gasteiger partial charge in [0.15, 0.2) is 0 Å². The van der Waals surface area contributed by atoms with E-state index in [1.165, 1.54) is 0 Å². The Morgan fingerprint density at radius 1 is 1.11 bits per heavy atom. The van der Waals surface area contributed by atoms with Crippen molar-refractivity contribution in [1.29, 1.82) is 0 Å². The summed E-state index contributed by atoms with van der Waals surface area (Å²) in [5.74, 6) is 0.764. The molecular formula is C14H14N4O. The molecule has 5 heteroatoms. The maximum Gasteiger partial charge on any atom is 0.139 e. The van der Waals surface area contributed by atoms with Crippen molar-refractivity contribution >= 4 is 0 Å². The first kappa shape index (κ1) is 11.8. The molecule has 0 aromatic heterocycles. The molecule has 96 valence electrons. The second-order valence-corrected chi connectivity index (χ2v) is 4.32. The molecule has 3 rings (SSSR count). The van der Waals surface area contributed by atoms with E-state index >= 15 is 0 Å². The Hall–Kier alpha value is -2.27. The van der Waals surface area contributed by atoms with Crippen LogP contribution in [0.2, 0.25) is 0 Å². The molecule has 0 saturated heterocycles. The maximum absolute atomic E-state index is 5.61. The molecule has 0 N–H and O–H groups in total. The Morgan fingerprint density at radius 3 is 2.74 bits per heavy atom. The molecule has 2 heterocycles. The first-order valence-electron chi connectivity index (χ1n) is 6.10. The van der Waals surface area contributed by atoms with Crippen molar-refractivity contribution in [2.75, 3.05) is 0 Å². The summed E-state index contributed by atoms with van der Waals surface area (Å²) in [5.41, 5.74) is 2.81. The molecule has 1 aromatic carbocycles. The Labute approximate surface area is 111 Å². The number of aromatic nitrogens is 4. The van der Waals surface area contributed by atoms with Gasteiger partial charge in [0.1, 0.15) is 23.9 Å². The lowest BCUT2D eigenvalue weighted by Crippen LogP contribution is -2.07. The van der Waals surface area contributed by atoms with E-state index < -0.39 is 0 Å². The van der Waals surface area contributed by atoms with Gasteiger partial charge in [-0.1, -0.05) is 30.3 Å². The van der Waals surface area contributed by atoms with Crippen LogP contribution < -0.4 is 0 Å². The van der Waals surface area contributed by atoms with Gasteiger partial charge in [0.05, 0.1) is 19.0 Å². The summed E-state index contributed by atoms with van der Waals surface area (Å²) in [6.45, 7) is 2.84. The van der Waals surface area contributed by atoms with Gasteiger partial charge in [-0.05, 0) is 12.5 Å². The van der Waals surface area contributed by atoms with Gasteiger partial charge in [-0.15, -0.1) is 0 Å². The van der Waals surface area contributed by atoms with Gasteiger partial charge in [-0.3, -0.25) is 0 Å². The van der Waals surface area contributed by atoms with Crippen molar-refractivity contribution in [3.63, 3.8) is 0 Å². The van der Waals surface area contributed by atoms with Gasteiger partial charge in [-0.2, -0.15) is 5.10 Å². The second kappa shape index (κ2) is 5.16. The number of benzene rings is 1. The molecule has 5 nitrogen and oxygen atoms in total. The van der Waals surface area contributed by atoms with Crippen LogP contribution in [-0.2, 0) is 18.1 Å². The van der Waals surface area contributed by atoms with Crippen molar-refractivity contribution in [1.82, 2.24) is 19.7 Å². The minimum atomic E-state index is 0.400. The number of hydrogen-bond acceptors (Lipinski definition) is 4. The fourth-order valence-corrected chi connectivity index (χ4v) is 1.88. The molecule has 1 aromatic rings. The molecule has 2 aliphatic rings. The van der Waals surface area contributed by atoms with E-state index in [-0.39, 0.29) is 0 Å². The number of fused-ring (bicyclic) bond motifs is 1. The van der Waals surface area contributed by atoms with Gasteiger partial charge < -0.3 is 4.74 Å². The molecule has 0 amide bonds. The molecule has 0 spiro atoms. The molecule has 0 unspecified atom stereocenters. The van der Waals surface area contributed by atoms with E-state index in [0.717, 1.165) is 22.8 Å². The van der Waals surface area contributed by atoms with Crippen LogP contribution in [0.25, 0.3) is 11.4 Å². The van der Waals surface area contributed by atoms with Gasteiger partial charge in [0, 0.05) is 0 Å². The van der Waals surface area contributed by atoms with Crippen molar-refractivity contribution in [3.8, 4) is 11.4 Å². The Kier molecular flexibility index (Phi) is 3.20. The number of aryl methyl sites for hydroxylation is 1. The number of rotatable bonds is 4. The van der Waals surface area contributed by atoms with Crippen LogP contribution in [-0.4, -0.2) is 19.7 Å². The van der Waals surface area contributed by atoms with E-state index in [9.17, 15) is 0 Å². The SMILES string of the molecule is Cc1nc2cnn(COCc3ccccc3)cc-2n1. The van der Waals surface area contributed by atoms with Gasteiger partial charge in [-0.25, -0.2) is 14.6 Å². The van der Waals surface area contributed by atoms with Crippen LogP contribution in [0.15, 0.2) is 42.7 Å². The van der Waals surface area contributed by atoms with Crippen LogP contribution in [0.5, 0.6) is 0 Å². The molecule has 2 aliphatic heterocycles. The maximum atomic E-state index is 5.61. The second-order valence-electron chi connectivity index (χ2n) is 4.32. The molecule has 19 heavy (non-hydrogen) atoms. The summed E-state index contributed by atoms with van der Waals surface area (Å²) in [7, 11) is 0. The number of hydrogen-bond donors (Lipinski definition) is 0. The molecule has 0 radical (unpaired) electrons. The van der Waals surface area contributed by atoms with Crippen molar-refractivity contribution in [2.45, 2.75) is 20.3 Å². The topological polar surface area (TPSA) is 52.8 Å². The van der Waals surface area contributed by atoms with Crippen LogP contribution in [0, 0.1) is 6.92 Å². The minimum absolute atomic E-state index is 0.400. The third kappa shape index (κ3) is 2.77. The largest absolute Gasteiger partial charge is 0.355 e. The summed E-state index contributed by atoms with van der Waals surface area (Å²) in [6, 6.07) is 10.1. The van der Waals surface area contributed by atoms with Crippen LogP contribution >= 0.6 is 0 Å². The van der Waals surface area contributed by atoms with E-state index in [0.29, 0.717) is 13.3 Å². The Morgan fingerprint density at radius 2 is 1.89 bits per heavy atom. The van der Waals surface area contributed by atoms with E-state index in [1.54, 1.807) is 10.9 Å². The van der Waals surface area contributed by atoms with Gasteiger partial charge in [0.2, 0.25) is 0 Å². The Bertz CT molecular complexity index is 635. The standard InChI is InChI=1S/C14H14N4O/c1-11-16-13-7-15-18(8-14(13)17-11)10-19-9-12-5-3-2-4-6-12/h2-8H,9-10H2,1H3. The highest BCUT2D eigenvalue weighted by Gasteiger charge is 2.08. The average Bonchev–Trinajstić information content (AvgIpc) is 2.79. The predicted octanol–water partition coefficient (Wildman–Crippen LogP) is 2.26. The highest BCUT2D eigenvalue weighted by atomic mass is 16.5. The fourth-order valence-electron chi connectivity index (χ4n) is 1.88. The van der Waals surface area contributed by atoms with Gasteiger partial charge >= 0.3 is 0 Å². The fraction of sp³-hybridized carbons (Fsp3) is 0.214. The first-order valence-corrected chi connectivity index (χ1v) is 6.10. The van der Waals surface area contributed by atoms with Crippen molar-refractivity contribution in [3.05, 3.63) is 54.1 Å². The lowest BCUT2D eigenvalue weighted by Gasteiger charge is -2.07. The monoisotopic (exact) mass is 254 g/mol. The number of nitrogens with zero attached hydrogens (tertiary/aromatic N) is 4. The normalized spacial score (nSPS) is 11.0. The smallest absolute Gasteiger partial charge is 0.139 e. The van der Waals surface area contributed by atoms with Crippen LogP contribution in [0.1, 0.15) is 11.4 Å². The van der Waals surface area contributed by atoms with Crippen molar-refractivity contribution in [2.24, 2.45) is 0 Å². The van der Waals surface area contributed by atoms with Crippen molar-refractivity contribution < 1.29 is 4.74 Å². The predicted molar refractivity (Wildman–Crippen MR) is 70.4 cm³/mol. The van der Waals surface area contributed by atoms with Gasteiger partial charge in [0.25, 0.3) is 0 Å². The van der Waals surface area contributed by atoms with Crippen LogP contribution in [0.4, 0.5) is 0 Å². The molecule has 0 aliphatic carbocycles. The lowest BCUT2D eigenvalue weighted by atomic mass is 10.2. The molecular weight excluding hydrogens is 240 g/mol.